The van der Waals surface area contributed by atoms with E-state index in [-0.39, 0.29) is 13.0 Å². The van der Waals surface area contributed by atoms with Gasteiger partial charge in [-0.2, -0.15) is 13.2 Å². The van der Waals surface area contributed by atoms with E-state index in [1.807, 2.05) is 0 Å². The van der Waals surface area contributed by atoms with Crippen molar-refractivity contribution in [2.24, 2.45) is 0 Å². The Kier molecular flexibility index (Phi) is 4.49. The molecule has 0 aromatic carbocycles. The first-order chi connectivity index (χ1) is 6.97. The maximum absolute atomic E-state index is 11.7. The predicted molar refractivity (Wildman–Crippen MR) is 48.7 cm³/mol. The summed E-state index contributed by atoms with van der Waals surface area (Å²) in [5.41, 5.74) is 0. The molecule has 0 aliphatic heterocycles. The van der Waals surface area contributed by atoms with Gasteiger partial charge >= 0.3 is 6.18 Å². The minimum Gasteiger partial charge on any atom is -0.390 e. The summed E-state index contributed by atoms with van der Waals surface area (Å²) < 4.78 is 39.3. The van der Waals surface area contributed by atoms with Crippen LogP contribution in [0, 0.1) is 0 Å². The van der Waals surface area contributed by atoms with Gasteiger partial charge in [0.05, 0.1) is 17.7 Å². The zero-order valence-corrected chi connectivity index (χ0v) is 8.51. The lowest BCUT2D eigenvalue weighted by molar-refractivity contribution is -0.179. The first-order valence-electron chi connectivity index (χ1n) is 4.18. The molecule has 0 radical (unpaired) electrons. The van der Waals surface area contributed by atoms with E-state index in [2.05, 4.69) is 9.72 Å². The molecular formula is C8H10F3NO2S. The van der Waals surface area contributed by atoms with Crippen LogP contribution in [0.2, 0.25) is 0 Å². The van der Waals surface area contributed by atoms with Crippen LogP contribution in [0.15, 0.2) is 11.6 Å². The third kappa shape index (κ3) is 5.71. The minimum absolute atomic E-state index is 0.218. The van der Waals surface area contributed by atoms with Crippen molar-refractivity contribution in [2.45, 2.75) is 18.7 Å². The van der Waals surface area contributed by atoms with E-state index >= 15 is 0 Å². The van der Waals surface area contributed by atoms with Gasteiger partial charge in [0.25, 0.3) is 0 Å². The highest BCUT2D eigenvalue weighted by Gasteiger charge is 2.27. The van der Waals surface area contributed by atoms with Crippen molar-refractivity contribution < 1.29 is 23.0 Å². The fourth-order valence-electron chi connectivity index (χ4n) is 0.925. The number of rotatable bonds is 5. The molecule has 0 amide bonds. The van der Waals surface area contributed by atoms with Crippen LogP contribution < -0.4 is 0 Å². The average molecular weight is 241 g/mol. The molecule has 0 aliphatic carbocycles. The van der Waals surface area contributed by atoms with Gasteiger partial charge in [0.1, 0.15) is 6.61 Å². The SMILES string of the molecule is OC(COCC(F)(F)F)Cc1nccs1. The molecule has 86 valence electrons. The summed E-state index contributed by atoms with van der Waals surface area (Å²) in [6, 6.07) is 0. The van der Waals surface area contributed by atoms with Crippen molar-refractivity contribution >= 4 is 11.3 Å². The zero-order valence-electron chi connectivity index (χ0n) is 7.70. The molecule has 0 bridgehead atoms. The molecule has 0 saturated carbocycles. The van der Waals surface area contributed by atoms with Crippen molar-refractivity contribution in [1.82, 2.24) is 4.98 Å². The number of aliphatic hydroxyl groups is 1. The number of halogens is 3. The summed E-state index contributed by atoms with van der Waals surface area (Å²) in [4.78, 5) is 3.89. The summed E-state index contributed by atoms with van der Waals surface area (Å²) >= 11 is 1.34. The maximum atomic E-state index is 11.7. The van der Waals surface area contributed by atoms with Gasteiger partial charge in [0.15, 0.2) is 0 Å². The predicted octanol–water partition coefficient (Wildman–Crippen LogP) is 1.63. The van der Waals surface area contributed by atoms with E-state index < -0.39 is 18.9 Å². The molecule has 15 heavy (non-hydrogen) atoms. The number of aliphatic hydroxyl groups excluding tert-OH is 1. The van der Waals surface area contributed by atoms with Crippen LogP contribution >= 0.6 is 11.3 Å². The second kappa shape index (κ2) is 5.43. The molecule has 1 N–H and O–H groups in total. The fourth-order valence-corrected chi connectivity index (χ4v) is 1.61. The Morgan fingerprint density at radius 3 is 2.80 bits per heavy atom. The van der Waals surface area contributed by atoms with Gasteiger partial charge in [-0.3, -0.25) is 0 Å². The smallest absolute Gasteiger partial charge is 0.390 e. The third-order valence-corrected chi connectivity index (χ3v) is 2.27. The van der Waals surface area contributed by atoms with E-state index in [0.717, 1.165) is 0 Å². The largest absolute Gasteiger partial charge is 0.411 e. The van der Waals surface area contributed by atoms with Crippen LogP contribution in [0.5, 0.6) is 0 Å². The normalized spacial score (nSPS) is 14.1. The highest BCUT2D eigenvalue weighted by Crippen LogP contribution is 2.15. The lowest BCUT2D eigenvalue weighted by Gasteiger charge is -2.11. The van der Waals surface area contributed by atoms with E-state index in [0.29, 0.717) is 5.01 Å². The molecule has 1 unspecified atom stereocenters. The summed E-state index contributed by atoms with van der Waals surface area (Å²) in [6.45, 7) is -1.67. The van der Waals surface area contributed by atoms with Gasteiger partial charge in [0, 0.05) is 18.0 Å². The van der Waals surface area contributed by atoms with Gasteiger partial charge in [-0.1, -0.05) is 0 Å². The van der Waals surface area contributed by atoms with E-state index in [4.69, 9.17) is 0 Å². The molecule has 7 heteroatoms. The van der Waals surface area contributed by atoms with Gasteiger partial charge < -0.3 is 9.84 Å². The molecular weight excluding hydrogens is 231 g/mol. The highest BCUT2D eigenvalue weighted by atomic mass is 32.1. The molecule has 3 nitrogen and oxygen atoms in total. The number of aromatic nitrogens is 1. The number of ether oxygens (including phenoxy) is 1. The van der Waals surface area contributed by atoms with Crippen molar-refractivity contribution in [3.05, 3.63) is 16.6 Å². The van der Waals surface area contributed by atoms with Crippen molar-refractivity contribution in [3.8, 4) is 0 Å². The molecule has 1 aromatic heterocycles. The number of alkyl halides is 3. The Morgan fingerprint density at radius 2 is 2.27 bits per heavy atom. The van der Waals surface area contributed by atoms with Crippen molar-refractivity contribution in [3.63, 3.8) is 0 Å². The molecule has 0 fully saturated rings. The summed E-state index contributed by atoms with van der Waals surface area (Å²) in [6.07, 6.45) is -3.50. The van der Waals surface area contributed by atoms with Crippen LogP contribution in [0.25, 0.3) is 0 Å². The summed E-state index contributed by atoms with van der Waals surface area (Å²) in [7, 11) is 0. The van der Waals surface area contributed by atoms with Crippen LogP contribution in [0.1, 0.15) is 5.01 Å². The Bertz CT molecular complexity index is 276. The van der Waals surface area contributed by atoms with Gasteiger partial charge in [0.2, 0.25) is 0 Å². The zero-order chi connectivity index (χ0) is 11.3. The molecule has 0 saturated heterocycles. The summed E-state index contributed by atoms with van der Waals surface area (Å²) in [5, 5.41) is 11.7. The monoisotopic (exact) mass is 241 g/mol. The fraction of sp³-hybridized carbons (Fsp3) is 0.625. The molecule has 0 spiro atoms. The quantitative estimate of drug-likeness (QED) is 0.851. The third-order valence-electron chi connectivity index (χ3n) is 1.47. The highest BCUT2D eigenvalue weighted by molar-refractivity contribution is 7.09. The maximum Gasteiger partial charge on any atom is 0.411 e. The Morgan fingerprint density at radius 1 is 1.53 bits per heavy atom. The van der Waals surface area contributed by atoms with Crippen molar-refractivity contribution in [1.29, 1.82) is 0 Å². The standard InChI is InChI=1S/C8H10F3NO2S/c9-8(10,11)5-14-4-6(13)3-7-12-1-2-15-7/h1-2,6,13H,3-5H2. The van der Waals surface area contributed by atoms with E-state index in [9.17, 15) is 18.3 Å². The van der Waals surface area contributed by atoms with E-state index in [1.165, 1.54) is 11.3 Å². The van der Waals surface area contributed by atoms with Crippen LogP contribution in [0.3, 0.4) is 0 Å². The second-order valence-electron chi connectivity index (χ2n) is 2.91. The van der Waals surface area contributed by atoms with Crippen LogP contribution in [0.4, 0.5) is 13.2 Å². The van der Waals surface area contributed by atoms with Crippen molar-refractivity contribution in [2.75, 3.05) is 13.2 Å². The first-order valence-corrected chi connectivity index (χ1v) is 5.06. The topological polar surface area (TPSA) is 42.4 Å². The van der Waals surface area contributed by atoms with Gasteiger partial charge in [-0.05, 0) is 0 Å². The van der Waals surface area contributed by atoms with Crippen LogP contribution in [-0.4, -0.2) is 35.6 Å². The summed E-state index contributed by atoms with van der Waals surface area (Å²) in [5.74, 6) is 0. The molecule has 1 atom stereocenters. The minimum atomic E-state index is -4.35. The van der Waals surface area contributed by atoms with Crippen LogP contribution in [-0.2, 0) is 11.2 Å². The Labute approximate surface area is 88.5 Å². The first kappa shape index (κ1) is 12.4. The Balaban J connectivity index is 2.17. The van der Waals surface area contributed by atoms with Gasteiger partial charge in [-0.25, -0.2) is 4.98 Å². The number of hydrogen-bond donors (Lipinski definition) is 1. The molecule has 1 aromatic rings. The second-order valence-corrected chi connectivity index (χ2v) is 3.89. The number of thiazole rings is 1. The van der Waals surface area contributed by atoms with Gasteiger partial charge in [-0.15, -0.1) is 11.3 Å². The Hall–Kier alpha value is -0.660. The lowest BCUT2D eigenvalue weighted by atomic mass is 10.3. The number of hydrogen-bond acceptors (Lipinski definition) is 4. The number of nitrogens with zero attached hydrogens (tertiary/aromatic N) is 1. The van der Waals surface area contributed by atoms with E-state index in [1.54, 1.807) is 11.6 Å². The molecule has 1 heterocycles. The molecule has 1 rings (SSSR count). The lowest BCUT2D eigenvalue weighted by Crippen LogP contribution is -2.24. The molecule has 0 aliphatic rings. The average Bonchev–Trinajstić information content (AvgIpc) is 2.54.